The largest absolute Gasteiger partial charge is 0.468 e. The van der Waals surface area contributed by atoms with Gasteiger partial charge in [0, 0.05) is 6.54 Å². The van der Waals surface area contributed by atoms with Gasteiger partial charge in [0.15, 0.2) is 0 Å². The highest BCUT2D eigenvalue weighted by Gasteiger charge is 2.57. The maximum atomic E-state index is 11.7. The zero-order valence-corrected chi connectivity index (χ0v) is 10.2. The van der Waals surface area contributed by atoms with Crippen LogP contribution in [0.3, 0.4) is 0 Å². The van der Waals surface area contributed by atoms with E-state index in [1.807, 2.05) is 14.1 Å². The van der Waals surface area contributed by atoms with Crippen molar-refractivity contribution in [2.75, 3.05) is 34.3 Å². The molecule has 92 valence electrons. The van der Waals surface area contributed by atoms with Crippen molar-refractivity contribution in [2.45, 2.75) is 19.3 Å². The summed E-state index contributed by atoms with van der Waals surface area (Å²) in [4.78, 5) is 25.2. The smallest absolute Gasteiger partial charge is 0.321 e. The van der Waals surface area contributed by atoms with E-state index < -0.39 is 11.4 Å². The fraction of sp³-hybridized carbons (Fsp3) is 0.818. The van der Waals surface area contributed by atoms with Gasteiger partial charge in [-0.25, -0.2) is 0 Å². The summed E-state index contributed by atoms with van der Waals surface area (Å²) in [5, 5.41) is 2.79. The van der Waals surface area contributed by atoms with Crippen LogP contribution in [0.4, 0.5) is 0 Å². The molecule has 0 heterocycles. The lowest BCUT2D eigenvalue weighted by molar-refractivity contribution is -0.152. The lowest BCUT2D eigenvalue weighted by atomic mass is 10.1. The number of hydrogen-bond acceptors (Lipinski definition) is 4. The Kier molecular flexibility index (Phi) is 4.29. The monoisotopic (exact) mass is 228 g/mol. The second-order valence-corrected chi connectivity index (χ2v) is 4.49. The predicted octanol–water partition coefficient (Wildman–Crippen LogP) is 0.00750. The molecule has 0 aromatic rings. The first-order valence-electron chi connectivity index (χ1n) is 5.54. The lowest BCUT2D eigenvalue weighted by Crippen LogP contribution is -2.38. The van der Waals surface area contributed by atoms with Crippen LogP contribution in [-0.4, -0.2) is 51.1 Å². The highest BCUT2D eigenvalue weighted by Crippen LogP contribution is 2.46. The first-order valence-corrected chi connectivity index (χ1v) is 5.54. The third kappa shape index (κ3) is 2.95. The standard InChI is InChI=1S/C11H20N2O3/c1-13(2)8-4-7-12-9(14)11(5-6-11)10(15)16-3/h4-8H2,1-3H3,(H,12,14). The fourth-order valence-corrected chi connectivity index (χ4v) is 1.61. The molecule has 1 aliphatic rings. The molecule has 1 fully saturated rings. The molecule has 1 rings (SSSR count). The maximum Gasteiger partial charge on any atom is 0.321 e. The van der Waals surface area contributed by atoms with Crippen molar-refractivity contribution in [1.82, 2.24) is 10.2 Å². The van der Waals surface area contributed by atoms with Gasteiger partial charge in [-0.05, 0) is 39.9 Å². The molecule has 5 nitrogen and oxygen atoms in total. The summed E-state index contributed by atoms with van der Waals surface area (Å²) in [5.74, 6) is -0.587. The number of amides is 1. The number of carbonyl (C=O) groups excluding carboxylic acids is 2. The minimum atomic E-state index is -0.868. The normalized spacial score (nSPS) is 17.0. The molecule has 0 bridgehead atoms. The number of ether oxygens (including phenoxy) is 1. The number of esters is 1. The van der Waals surface area contributed by atoms with E-state index >= 15 is 0 Å². The van der Waals surface area contributed by atoms with Gasteiger partial charge in [0.25, 0.3) is 0 Å². The van der Waals surface area contributed by atoms with Crippen LogP contribution in [0.2, 0.25) is 0 Å². The number of nitrogens with zero attached hydrogens (tertiary/aromatic N) is 1. The van der Waals surface area contributed by atoms with E-state index in [1.54, 1.807) is 0 Å². The highest BCUT2D eigenvalue weighted by atomic mass is 16.5. The SMILES string of the molecule is COC(=O)C1(C(=O)NCCCN(C)C)CC1. The van der Waals surface area contributed by atoms with E-state index in [2.05, 4.69) is 15.0 Å². The molecular weight excluding hydrogens is 208 g/mol. The molecule has 0 saturated heterocycles. The topological polar surface area (TPSA) is 58.6 Å². The van der Waals surface area contributed by atoms with Crippen LogP contribution in [0, 0.1) is 5.41 Å². The molecule has 0 radical (unpaired) electrons. The van der Waals surface area contributed by atoms with Gasteiger partial charge in [0.2, 0.25) is 5.91 Å². The van der Waals surface area contributed by atoms with Gasteiger partial charge in [0.1, 0.15) is 5.41 Å². The minimum Gasteiger partial charge on any atom is -0.468 e. The molecule has 0 aromatic heterocycles. The molecule has 0 aliphatic heterocycles. The Labute approximate surface area is 96.1 Å². The van der Waals surface area contributed by atoms with Gasteiger partial charge in [-0.1, -0.05) is 0 Å². The van der Waals surface area contributed by atoms with E-state index in [4.69, 9.17) is 0 Å². The highest BCUT2D eigenvalue weighted by molar-refractivity contribution is 6.05. The fourth-order valence-electron chi connectivity index (χ4n) is 1.61. The molecule has 16 heavy (non-hydrogen) atoms. The molecule has 0 atom stereocenters. The molecule has 1 saturated carbocycles. The van der Waals surface area contributed by atoms with Gasteiger partial charge in [-0.2, -0.15) is 0 Å². The molecule has 1 amide bonds. The van der Waals surface area contributed by atoms with Crippen molar-refractivity contribution < 1.29 is 14.3 Å². The number of rotatable bonds is 6. The summed E-state index contributed by atoms with van der Waals surface area (Å²) in [6.07, 6.45) is 2.11. The van der Waals surface area contributed by atoms with Crippen molar-refractivity contribution in [1.29, 1.82) is 0 Å². The van der Waals surface area contributed by atoms with Crippen LogP contribution in [0.15, 0.2) is 0 Å². The van der Waals surface area contributed by atoms with Gasteiger partial charge < -0.3 is 15.0 Å². The third-order valence-corrected chi connectivity index (χ3v) is 2.83. The van der Waals surface area contributed by atoms with Crippen molar-refractivity contribution in [3.63, 3.8) is 0 Å². The van der Waals surface area contributed by atoms with Gasteiger partial charge in [0.05, 0.1) is 7.11 Å². The average Bonchev–Trinajstić information content (AvgIpc) is 3.03. The molecular formula is C11H20N2O3. The molecule has 0 spiro atoms. The average molecular weight is 228 g/mol. The maximum absolute atomic E-state index is 11.7. The van der Waals surface area contributed by atoms with Crippen LogP contribution in [0.5, 0.6) is 0 Å². The summed E-state index contributed by atoms with van der Waals surface area (Å²) in [7, 11) is 5.29. The van der Waals surface area contributed by atoms with E-state index in [0.29, 0.717) is 19.4 Å². The van der Waals surface area contributed by atoms with Crippen molar-refractivity contribution >= 4 is 11.9 Å². The second kappa shape index (κ2) is 5.30. The molecule has 0 aromatic carbocycles. The molecule has 0 unspecified atom stereocenters. The van der Waals surface area contributed by atoms with Gasteiger partial charge >= 0.3 is 5.97 Å². The number of hydrogen-bond donors (Lipinski definition) is 1. The van der Waals surface area contributed by atoms with E-state index in [0.717, 1.165) is 13.0 Å². The van der Waals surface area contributed by atoms with Gasteiger partial charge in [-0.3, -0.25) is 9.59 Å². The Morgan fingerprint density at radius 2 is 2.00 bits per heavy atom. The van der Waals surface area contributed by atoms with Gasteiger partial charge in [-0.15, -0.1) is 0 Å². The van der Waals surface area contributed by atoms with E-state index in [-0.39, 0.29) is 5.91 Å². The Morgan fingerprint density at radius 1 is 1.38 bits per heavy atom. The van der Waals surface area contributed by atoms with Crippen molar-refractivity contribution in [3.05, 3.63) is 0 Å². The zero-order chi connectivity index (χ0) is 12.2. The quantitative estimate of drug-likeness (QED) is 0.395. The molecule has 5 heteroatoms. The minimum absolute atomic E-state index is 0.182. The summed E-state index contributed by atoms with van der Waals surface area (Å²) >= 11 is 0. The first kappa shape index (κ1) is 13.0. The Balaban J connectivity index is 2.28. The van der Waals surface area contributed by atoms with Crippen LogP contribution in [0.25, 0.3) is 0 Å². The zero-order valence-electron chi connectivity index (χ0n) is 10.2. The van der Waals surface area contributed by atoms with Crippen LogP contribution < -0.4 is 5.32 Å². The number of nitrogens with one attached hydrogen (secondary N) is 1. The second-order valence-electron chi connectivity index (χ2n) is 4.49. The lowest BCUT2D eigenvalue weighted by Gasteiger charge is -2.14. The summed E-state index contributed by atoms with van der Waals surface area (Å²) in [6.45, 7) is 1.53. The molecule has 1 aliphatic carbocycles. The van der Waals surface area contributed by atoms with E-state index in [1.165, 1.54) is 7.11 Å². The van der Waals surface area contributed by atoms with E-state index in [9.17, 15) is 9.59 Å². The number of methoxy groups -OCH3 is 1. The predicted molar refractivity (Wildman–Crippen MR) is 59.9 cm³/mol. The van der Waals surface area contributed by atoms with Crippen LogP contribution in [-0.2, 0) is 14.3 Å². The van der Waals surface area contributed by atoms with Crippen LogP contribution in [0.1, 0.15) is 19.3 Å². The van der Waals surface area contributed by atoms with Crippen molar-refractivity contribution in [2.24, 2.45) is 5.41 Å². The number of carbonyl (C=O) groups is 2. The summed E-state index contributed by atoms with van der Waals surface area (Å²) in [6, 6.07) is 0. The third-order valence-electron chi connectivity index (χ3n) is 2.83. The Hall–Kier alpha value is -1.10. The van der Waals surface area contributed by atoms with Crippen molar-refractivity contribution in [3.8, 4) is 0 Å². The molecule has 1 N–H and O–H groups in total. The van der Waals surface area contributed by atoms with Crippen LogP contribution >= 0.6 is 0 Å². The Morgan fingerprint density at radius 3 is 2.44 bits per heavy atom. The summed E-state index contributed by atoms with van der Waals surface area (Å²) < 4.78 is 4.64. The first-order chi connectivity index (χ1) is 7.53. The Bertz CT molecular complexity index is 272. The summed E-state index contributed by atoms with van der Waals surface area (Å²) in [5.41, 5.74) is -0.868.